The van der Waals surface area contributed by atoms with E-state index in [0.717, 1.165) is 37.8 Å². The number of hydrogen-bond acceptors (Lipinski definition) is 7. The van der Waals surface area contributed by atoms with Crippen LogP contribution in [0.25, 0.3) is 0 Å². The van der Waals surface area contributed by atoms with Crippen molar-refractivity contribution in [3.63, 3.8) is 0 Å². The van der Waals surface area contributed by atoms with Crippen molar-refractivity contribution in [2.24, 2.45) is 4.99 Å². The van der Waals surface area contributed by atoms with E-state index >= 15 is 0 Å². The lowest BCUT2D eigenvalue weighted by Gasteiger charge is -2.10. The van der Waals surface area contributed by atoms with E-state index in [9.17, 15) is 0 Å². The molecule has 7 heteroatoms. The number of hydrogen-bond donors (Lipinski definition) is 3. The van der Waals surface area contributed by atoms with Gasteiger partial charge in [-0.25, -0.2) is 9.97 Å². The van der Waals surface area contributed by atoms with Crippen LogP contribution in [-0.2, 0) is 4.74 Å². The zero-order valence-corrected chi connectivity index (χ0v) is 13.8. The third-order valence-electron chi connectivity index (χ3n) is 3.41. The molecule has 1 aliphatic heterocycles. The van der Waals surface area contributed by atoms with Crippen LogP contribution in [0.15, 0.2) is 24.0 Å². The Morgan fingerprint density at radius 3 is 2.78 bits per heavy atom. The lowest BCUT2D eigenvalue weighted by Crippen LogP contribution is -2.14. The van der Waals surface area contributed by atoms with Gasteiger partial charge in [-0.2, -0.15) is 0 Å². The van der Waals surface area contributed by atoms with Gasteiger partial charge in [0.2, 0.25) is 0 Å². The molecule has 3 N–H and O–H groups in total. The third-order valence-corrected chi connectivity index (χ3v) is 3.41. The summed E-state index contributed by atoms with van der Waals surface area (Å²) < 4.78 is 5.67. The first-order chi connectivity index (χ1) is 11.2. The number of aromatic nitrogens is 2. The number of aryl methyl sites for hydroxylation is 1. The van der Waals surface area contributed by atoms with E-state index in [0.29, 0.717) is 12.4 Å². The van der Waals surface area contributed by atoms with Crippen LogP contribution in [0.5, 0.6) is 0 Å². The summed E-state index contributed by atoms with van der Waals surface area (Å²) in [6.45, 7) is 6.30. The molecule has 2 atom stereocenters. The van der Waals surface area contributed by atoms with Crippen LogP contribution in [0.1, 0.15) is 25.0 Å². The second-order valence-electron chi connectivity index (χ2n) is 5.01. The van der Waals surface area contributed by atoms with Crippen molar-refractivity contribution >= 4 is 17.7 Å². The van der Waals surface area contributed by atoms with Crippen molar-refractivity contribution in [1.29, 1.82) is 0 Å². The predicted octanol–water partition coefficient (Wildman–Crippen LogP) is 1.62. The number of nitrogens with zero attached hydrogens (tertiary/aromatic N) is 3. The summed E-state index contributed by atoms with van der Waals surface area (Å²) in [7, 11) is 1.00. The van der Waals surface area contributed by atoms with E-state index < -0.39 is 0 Å². The molecule has 1 fully saturated rings. The summed E-state index contributed by atoms with van der Waals surface area (Å²) in [5.41, 5.74) is 1.57. The van der Waals surface area contributed by atoms with Gasteiger partial charge < -0.3 is 20.3 Å². The zero-order valence-electron chi connectivity index (χ0n) is 13.8. The first-order valence-electron chi connectivity index (χ1n) is 7.64. The second-order valence-corrected chi connectivity index (χ2v) is 5.01. The normalized spacial score (nSPS) is 20.2. The molecule has 2 rings (SSSR count). The van der Waals surface area contributed by atoms with E-state index in [-0.39, 0.29) is 18.8 Å². The zero-order chi connectivity index (χ0) is 17.1. The molecule has 128 valence electrons. The van der Waals surface area contributed by atoms with Crippen molar-refractivity contribution in [2.45, 2.75) is 38.4 Å². The number of aliphatic imine (C=N–C) groups is 1. The molecular weight excluding hydrogens is 296 g/mol. The van der Waals surface area contributed by atoms with Gasteiger partial charge in [0, 0.05) is 26.3 Å². The Morgan fingerprint density at radius 1 is 1.39 bits per heavy atom. The van der Waals surface area contributed by atoms with Crippen molar-refractivity contribution in [2.75, 3.05) is 25.6 Å². The highest BCUT2D eigenvalue weighted by Gasteiger charge is 2.23. The molecule has 2 heterocycles. The lowest BCUT2D eigenvalue weighted by molar-refractivity contribution is 0.0155. The Morgan fingerprint density at radius 2 is 2.13 bits per heavy atom. The quantitative estimate of drug-likeness (QED) is 0.521. The third kappa shape index (κ3) is 6.05. The fraction of sp³-hybridized carbons (Fsp3) is 0.562. The van der Waals surface area contributed by atoms with Gasteiger partial charge in [-0.3, -0.25) is 4.99 Å². The highest BCUT2D eigenvalue weighted by molar-refractivity contribution is 5.71. The molecule has 0 aromatic carbocycles. The lowest BCUT2D eigenvalue weighted by atomic mass is 10.1. The number of anilines is 1. The molecule has 1 aromatic rings. The maximum atomic E-state index is 9.05. The van der Waals surface area contributed by atoms with Gasteiger partial charge in [0.1, 0.15) is 12.0 Å². The van der Waals surface area contributed by atoms with Crippen LogP contribution >= 0.6 is 0 Å². The molecule has 0 bridgehead atoms. The summed E-state index contributed by atoms with van der Waals surface area (Å²) in [5, 5.41) is 19.2. The number of rotatable bonds is 7. The Kier molecular flexibility index (Phi) is 9.04. The highest BCUT2D eigenvalue weighted by atomic mass is 16.5. The maximum absolute atomic E-state index is 9.05. The van der Waals surface area contributed by atoms with Crippen LogP contribution in [0.3, 0.4) is 0 Å². The molecule has 23 heavy (non-hydrogen) atoms. The molecule has 1 aromatic heterocycles. The fourth-order valence-corrected chi connectivity index (χ4v) is 2.27. The molecule has 0 aliphatic carbocycles. The number of aliphatic hydroxyl groups excluding tert-OH is 2. The predicted molar refractivity (Wildman–Crippen MR) is 91.3 cm³/mol. The summed E-state index contributed by atoms with van der Waals surface area (Å²) in [4.78, 5) is 12.9. The topological polar surface area (TPSA) is 99.9 Å². The van der Waals surface area contributed by atoms with Gasteiger partial charge in [-0.05, 0) is 19.8 Å². The van der Waals surface area contributed by atoms with Gasteiger partial charge in [-0.1, -0.05) is 6.08 Å². The molecule has 1 saturated heterocycles. The van der Waals surface area contributed by atoms with Crippen LogP contribution in [0, 0.1) is 6.92 Å². The fourth-order valence-electron chi connectivity index (χ4n) is 2.27. The Bertz CT molecular complexity index is 508. The summed E-state index contributed by atoms with van der Waals surface area (Å²) in [6, 6.07) is 0. The minimum atomic E-state index is -0.0185. The van der Waals surface area contributed by atoms with Crippen molar-refractivity contribution < 1.29 is 14.9 Å². The van der Waals surface area contributed by atoms with E-state index in [1.54, 1.807) is 6.08 Å². The van der Waals surface area contributed by atoms with Crippen molar-refractivity contribution in [3.05, 3.63) is 24.7 Å². The van der Waals surface area contributed by atoms with E-state index in [4.69, 9.17) is 14.9 Å². The Labute approximate surface area is 137 Å². The average Bonchev–Trinajstić information content (AvgIpc) is 3.05. The minimum Gasteiger partial charge on any atom is -0.400 e. The van der Waals surface area contributed by atoms with Crippen LogP contribution in [0.4, 0.5) is 11.5 Å². The molecule has 2 unspecified atom stereocenters. The largest absolute Gasteiger partial charge is 0.400 e. The van der Waals surface area contributed by atoms with E-state index in [1.807, 2.05) is 13.1 Å². The summed E-state index contributed by atoms with van der Waals surface area (Å²) >= 11 is 0. The SMILES string of the molecule is C=CCNc1ncnc(C)c1N=CCC1CCC(CO)O1.CO. The highest BCUT2D eigenvalue weighted by Crippen LogP contribution is 2.25. The first-order valence-corrected chi connectivity index (χ1v) is 7.64. The molecule has 0 radical (unpaired) electrons. The van der Waals surface area contributed by atoms with Crippen molar-refractivity contribution in [1.82, 2.24) is 9.97 Å². The van der Waals surface area contributed by atoms with Crippen LogP contribution in [0.2, 0.25) is 0 Å². The monoisotopic (exact) mass is 322 g/mol. The van der Waals surface area contributed by atoms with E-state index in [1.165, 1.54) is 6.33 Å². The molecule has 0 saturated carbocycles. The molecule has 7 nitrogen and oxygen atoms in total. The first kappa shape index (κ1) is 19.2. The van der Waals surface area contributed by atoms with Gasteiger partial charge in [0.25, 0.3) is 0 Å². The molecular formula is C16H26N4O3. The van der Waals surface area contributed by atoms with Gasteiger partial charge in [0.15, 0.2) is 5.82 Å². The maximum Gasteiger partial charge on any atom is 0.155 e. The van der Waals surface area contributed by atoms with E-state index in [2.05, 4.69) is 26.9 Å². The van der Waals surface area contributed by atoms with Gasteiger partial charge in [-0.15, -0.1) is 6.58 Å². The van der Waals surface area contributed by atoms with Crippen molar-refractivity contribution in [3.8, 4) is 0 Å². The van der Waals surface area contributed by atoms with Gasteiger partial charge >= 0.3 is 0 Å². The van der Waals surface area contributed by atoms with Crippen LogP contribution < -0.4 is 5.32 Å². The summed E-state index contributed by atoms with van der Waals surface area (Å²) in [5.74, 6) is 0.708. The minimum absolute atomic E-state index is 0.0185. The molecule has 1 aliphatic rings. The van der Waals surface area contributed by atoms with Gasteiger partial charge in [0.05, 0.1) is 24.5 Å². The molecule has 0 spiro atoms. The number of nitrogens with one attached hydrogen (secondary N) is 1. The second kappa shape index (κ2) is 10.8. The Balaban J connectivity index is 0.00000127. The number of aliphatic hydroxyl groups is 2. The standard InChI is InChI=1S/C15H22N4O2.CH4O/c1-3-7-17-15-14(11(2)18-10-19-15)16-8-6-12-4-5-13(9-20)21-12;1-2/h3,8,10,12-13,20H,1,4-7,9H2,2H3,(H,17,18,19);2H,1H3. The smallest absolute Gasteiger partial charge is 0.155 e. The number of ether oxygens (including phenoxy) is 1. The van der Waals surface area contributed by atoms with Crippen LogP contribution in [-0.4, -0.2) is 58.9 Å². The Hall–Kier alpha value is -1.83. The molecule has 0 amide bonds. The average molecular weight is 322 g/mol. The summed E-state index contributed by atoms with van der Waals surface area (Å²) in [6.07, 6.45) is 7.85.